The highest BCUT2D eigenvalue weighted by molar-refractivity contribution is 5.79. The van der Waals surface area contributed by atoms with E-state index in [0.29, 0.717) is 5.69 Å². The molecule has 4 nitrogen and oxygen atoms in total. The van der Waals surface area contributed by atoms with Crippen molar-refractivity contribution < 1.29 is 0 Å². The Labute approximate surface area is 75.2 Å². The first-order chi connectivity index (χ1) is 6.22. The van der Waals surface area contributed by atoms with Crippen molar-refractivity contribution in [3.8, 4) is 6.07 Å². The summed E-state index contributed by atoms with van der Waals surface area (Å²) in [5.74, 6) is 0.843. The molecule has 0 radical (unpaired) electrons. The average molecular weight is 172 g/mol. The molecule has 0 spiro atoms. The van der Waals surface area contributed by atoms with Crippen LogP contribution in [-0.2, 0) is 0 Å². The fourth-order valence-corrected chi connectivity index (χ4v) is 1.34. The summed E-state index contributed by atoms with van der Waals surface area (Å²) in [6.45, 7) is 3.74. The molecule has 64 valence electrons. The van der Waals surface area contributed by atoms with Crippen LogP contribution in [0.15, 0.2) is 6.20 Å². The SMILES string of the molecule is Cc1nc2c(C)c(C#N)ncc2[nH]1. The van der Waals surface area contributed by atoms with Crippen molar-refractivity contribution in [3.05, 3.63) is 23.3 Å². The smallest absolute Gasteiger partial charge is 0.145 e. The molecule has 0 atom stereocenters. The summed E-state index contributed by atoms with van der Waals surface area (Å²) >= 11 is 0. The molecular formula is C9H8N4. The molecule has 0 saturated carbocycles. The van der Waals surface area contributed by atoms with E-state index in [1.54, 1.807) is 6.20 Å². The van der Waals surface area contributed by atoms with Crippen LogP contribution in [-0.4, -0.2) is 15.0 Å². The molecule has 0 aliphatic heterocycles. The molecule has 4 heteroatoms. The van der Waals surface area contributed by atoms with Crippen LogP contribution in [0.2, 0.25) is 0 Å². The van der Waals surface area contributed by atoms with Gasteiger partial charge in [0.1, 0.15) is 17.6 Å². The summed E-state index contributed by atoms with van der Waals surface area (Å²) in [5.41, 5.74) is 3.00. The Hall–Kier alpha value is -1.89. The molecule has 13 heavy (non-hydrogen) atoms. The molecule has 0 fully saturated rings. The molecule has 2 aromatic rings. The van der Waals surface area contributed by atoms with E-state index in [1.807, 2.05) is 19.9 Å². The number of rotatable bonds is 0. The topological polar surface area (TPSA) is 65.4 Å². The van der Waals surface area contributed by atoms with Crippen LogP contribution in [0, 0.1) is 25.2 Å². The van der Waals surface area contributed by atoms with E-state index in [4.69, 9.17) is 5.26 Å². The fraction of sp³-hybridized carbons (Fsp3) is 0.222. The number of imidazole rings is 1. The number of aryl methyl sites for hydroxylation is 2. The molecule has 0 bridgehead atoms. The maximum absolute atomic E-state index is 8.73. The predicted octanol–water partition coefficient (Wildman–Crippen LogP) is 1.45. The average Bonchev–Trinajstić information content (AvgIpc) is 2.47. The van der Waals surface area contributed by atoms with Crippen LogP contribution in [0.4, 0.5) is 0 Å². The Balaban J connectivity index is 2.87. The van der Waals surface area contributed by atoms with Crippen molar-refractivity contribution in [3.63, 3.8) is 0 Å². The number of aromatic nitrogens is 3. The van der Waals surface area contributed by atoms with E-state index >= 15 is 0 Å². The van der Waals surface area contributed by atoms with Crippen LogP contribution in [0.25, 0.3) is 11.0 Å². The summed E-state index contributed by atoms with van der Waals surface area (Å²) in [4.78, 5) is 11.3. The number of nitrogens with one attached hydrogen (secondary N) is 1. The van der Waals surface area contributed by atoms with E-state index in [-0.39, 0.29) is 0 Å². The third-order valence-electron chi connectivity index (χ3n) is 1.99. The first kappa shape index (κ1) is 7.74. The monoisotopic (exact) mass is 172 g/mol. The summed E-state index contributed by atoms with van der Waals surface area (Å²) < 4.78 is 0. The third kappa shape index (κ3) is 1.05. The number of nitriles is 1. The van der Waals surface area contributed by atoms with Crippen LogP contribution in [0.3, 0.4) is 0 Å². The van der Waals surface area contributed by atoms with E-state index < -0.39 is 0 Å². The van der Waals surface area contributed by atoms with Crippen molar-refractivity contribution in [2.24, 2.45) is 0 Å². The quantitative estimate of drug-likeness (QED) is 0.654. The lowest BCUT2D eigenvalue weighted by molar-refractivity contribution is 1.17. The second-order valence-corrected chi connectivity index (χ2v) is 2.93. The molecule has 2 rings (SSSR count). The minimum absolute atomic E-state index is 0.444. The van der Waals surface area contributed by atoms with Gasteiger partial charge in [-0.3, -0.25) is 0 Å². The lowest BCUT2D eigenvalue weighted by Crippen LogP contribution is -1.88. The zero-order valence-corrected chi connectivity index (χ0v) is 7.42. The first-order valence-corrected chi connectivity index (χ1v) is 3.94. The molecule has 0 aliphatic rings. The minimum atomic E-state index is 0.444. The van der Waals surface area contributed by atoms with Gasteiger partial charge in [0.25, 0.3) is 0 Å². The number of hydrogen-bond acceptors (Lipinski definition) is 3. The first-order valence-electron chi connectivity index (χ1n) is 3.94. The zero-order valence-electron chi connectivity index (χ0n) is 7.42. The predicted molar refractivity (Wildman–Crippen MR) is 48.1 cm³/mol. The molecule has 1 N–H and O–H groups in total. The largest absolute Gasteiger partial charge is 0.341 e. The minimum Gasteiger partial charge on any atom is -0.341 e. The van der Waals surface area contributed by atoms with Gasteiger partial charge in [0, 0.05) is 5.56 Å². The van der Waals surface area contributed by atoms with E-state index in [1.165, 1.54) is 0 Å². The highest BCUT2D eigenvalue weighted by atomic mass is 14.9. The summed E-state index contributed by atoms with van der Waals surface area (Å²) in [6.07, 6.45) is 1.64. The molecule has 0 unspecified atom stereocenters. The molecule has 0 aromatic carbocycles. The van der Waals surface area contributed by atoms with Crippen LogP contribution < -0.4 is 0 Å². The summed E-state index contributed by atoms with van der Waals surface area (Å²) in [7, 11) is 0. The maximum atomic E-state index is 8.73. The zero-order chi connectivity index (χ0) is 9.42. The Kier molecular flexibility index (Phi) is 1.52. The van der Waals surface area contributed by atoms with Crippen molar-refractivity contribution in [2.75, 3.05) is 0 Å². The second kappa shape index (κ2) is 2.56. The van der Waals surface area contributed by atoms with Crippen molar-refractivity contribution in [1.29, 1.82) is 5.26 Å². The van der Waals surface area contributed by atoms with Gasteiger partial charge >= 0.3 is 0 Å². The van der Waals surface area contributed by atoms with E-state index in [2.05, 4.69) is 15.0 Å². The van der Waals surface area contributed by atoms with Gasteiger partial charge in [-0.05, 0) is 13.8 Å². The lowest BCUT2D eigenvalue weighted by Gasteiger charge is -1.94. The lowest BCUT2D eigenvalue weighted by atomic mass is 10.2. The van der Waals surface area contributed by atoms with Crippen molar-refractivity contribution in [1.82, 2.24) is 15.0 Å². The number of fused-ring (bicyclic) bond motifs is 1. The summed E-state index contributed by atoms with van der Waals surface area (Å²) in [5, 5.41) is 8.73. The Bertz CT molecular complexity index is 504. The number of aromatic amines is 1. The Morgan fingerprint density at radius 1 is 1.46 bits per heavy atom. The highest BCUT2D eigenvalue weighted by Crippen LogP contribution is 2.16. The summed E-state index contributed by atoms with van der Waals surface area (Å²) in [6, 6.07) is 2.03. The van der Waals surface area contributed by atoms with Gasteiger partial charge in [-0.15, -0.1) is 0 Å². The van der Waals surface area contributed by atoms with Crippen LogP contribution >= 0.6 is 0 Å². The molecule has 0 aliphatic carbocycles. The van der Waals surface area contributed by atoms with Crippen LogP contribution in [0.1, 0.15) is 17.1 Å². The Morgan fingerprint density at radius 2 is 2.23 bits per heavy atom. The van der Waals surface area contributed by atoms with Crippen molar-refractivity contribution in [2.45, 2.75) is 13.8 Å². The molecule has 0 amide bonds. The second-order valence-electron chi connectivity index (χ2n) is 2.93. The van der Waals surface area contributed by atoms with E-state index in [0.717, 1.165) is 22.4 Å². The number of pyridine rings is 1. The van der Waals surface area contributed by atoms with Gasteiger partial charge in [-0.25, -0.2) is 9.97 Å². The molecule has 2 heterocycles. The van der Waals surface area contributed by atoms with Gasteiger partial charge in [0.2, 0.25) is 0 Å². The van der Waals surface area contributed by atoms with Crippen molar-refractivity contribution >= 4 is 11.0 Å². The maximum Gasteiger partial charge on any atom is 0.145 e. The number of H-pyrrole nitrogens is 1. The molecule has 0 saturated heterocycles. The number of nitrogens with zero attached hydrogens (tertiary/aromatic N) is 3. The van der Waals surface area contributed by atoms with Crippen LogP contribution in [0.5, 0.6) is 0 Å². The standard InChI is InChI=1S/C9H8N4/c1-5-7(3-10)11-4-8-9(5)13-6(2)12-8/h4H,1-2H3,(H,12,13). The third-order valence-corrected chi connectivity index (χ3v) is 1.99. The van der Waals surface area contributed by atoms with E-state index in [9.17, 15) is 0 Å². The van der Waals surface area contributed by atoms with Gasteiger partial charge in [-0.1, -0.05) is 0 Å². The highest BCUT2D eigenvalue weighted by Gasteiger charge is 2.07. The molecular weight excluding hydrogens is 164 g/mol. The number of hydrogen-bond donors (Lipinski definition) is 1. The Morgan fingerprint density at radius 3 is 2.92 bits per heavy atom. The van der Waals surface area contributed by atoms with Gasteiger partial charge in [0.15, 0.2) is 0 Å². The molecule has 2 aromatic heterocycles. The van der Waals surface area contributed by atoms with Gasteiger partial charge in [-0.2, -0.15) is 5.26 Å². The normalized spacial score (nSPS) is 10.2. The fourth-order valence-electron chi connectivity index (χ4n) is 1.34. The van der Waals surface area contributed by atoms with Gasteiger partial charge in [0.05, 0.1) is 17.2 Å². The van der Waals surface area contributed by atoms with Gasteiger partial charge < -0.3 is 4.98 Å².